The first-order chi connectivity index (χ1) is 43.7. The summed E-state index contributed by atoms with van der Waals surface area (Å²) in [7, 11) is -9.90. The van der Waals surface area contributed by atoms with E-state index >= 15 is 0 Å². The van der Waals surface area contributed by atoms with Crippen molar-refractivity contribution in [1.82, 2.24) is 0 Å². The minimum absolute atomic E-state index is 0.105. The van der Waals surface area contributed by atoms with Crippen LogP contribution in [0.3, 0.4) is 0 Å². The van der Waals surface area contributed by atoms with Gasteiger partial charge in [-0.2, -0.15) is 0 Å². The van der Waals surface area contributed by atoms with Crippen molar-refractivity contribution < 1.29 is 80.2 Å². The molecule has 0 aromatic heterocycles. The van der Waals surface area contributed by atoms with E-state index in [0.29, 0.717) is 31.6 Å². The van der Waals surface area contributed by atoms with E-state index in [4.69, 9.17) is 37.0 Å². The molecule has 0 saturated carbocycles. The summed E-state index contributed by atoms with van der Waals surface area (Å²) >= 11 is 0. The first-order valence-electron chi connectivity index (χ1n) is 37.3. The van der Waals surface area contributed by atoms with Crippen molar-refractivity contribution in [3.8, 4) is 0 Å². The zero-order chi connectivity index (χ0) is 67.3. The maximum absolute atomic E-state index is 13.0. The summed E-state index contributed by atoms with van der Waals surface area (Å²) in [5, 5.41) is 10.6. The van der Waals surface area contributed by atoms with Gasteiger partial charge in [-0.25, -0.2) is 9.13 Å². The Hall–Kier alpha value is -1.94. The van der Waals surface area contributed by atoms with Crippen LogP contribution in [0.4, 0.5) is 0 Å². The van der Waals surface area contributed by atoms with Gasteiger partial charge in [0.25, 0.3) is 0 Å². The van der Waals surface area contributed by atoms with Gasteiger partial charge in [-0.1, -0.05) is 312 Å². The zero-order valence-corrected chi connectivity index (χ0v) is 61.1. The Labute approximate surface area is 556 Å². The topological polar surface area (TPSA) is 237 Å². The molecule has 0 aromatic carbocycles. The fourth-order valence-corrected chi connectivity index (χ4v) is 12.5. The Bertz CT molecular complexity index is 1780. The molecule has 19 heteroatoms. The molecule has 0 aromatic rings. The molecule has 540 valence electrons. The number of unbranched alkanes of at least 4 members (excludes halogenated alkanes) is 38. The van der Waals surface area contributed by atoms with E-state index in [0.717, 1.165) is 108 Å². The molecule has 0 bridgehead atoms. The third-order valence-corrected chi connectivity index (χ3v) is 18.5. The van der Waals surface area contributed by atoms with Crippen LogP contribution in [0.2, 0.25) is 0 Å². The molecule has 0 amide bonds. The number of carbonyl (C=O) groups is 4. The van der Waals surface area contributed by atoms with Gasteiger partial charge in [0.05, 0.1) is 26.4 Å². The molecule has 0 aliphatic heterocycles. The lowest BCUT2D eigenvalue weighted by Gasteiger charge is -2.21. The lowest BCUT2D eigenvalue weighted by atomic mass is 10.0. The van der Waals surface area contributed by atoms with Crippen molar-refractivity contribution in [3.63, 3.8) is 0 Å². The molecule has 2 unspecified atom stereocenters. The molecule has 5 atom stereocenters. The maximum atomic E-state index is 13.0. The summed E-state index contributed by atoms with van der Waals surface area (Å²) in [4.78, 5) is 72.5. The van der Waals surface area contributed by atoms with Crippen LogP contribution in [-0.4, -0.2) is 96.7 Å². The van der Waals surface area contributed by atoms with E-state index in [1.165, 1.54) is 167 Å². The third kappa shape index (κ3) is 66.5. The molecule has 0 rings (SSSR count). The van der Waals surface area contributed by atoms with Crippen molar-refractivity contribution in [1.29, 1.82) is 0 Å². The van der Waals surface area contributed by atoms with E-state index in [9.17, 15) is 43.2 Å². The number of carbonyl (C=O) groups excluding carboxylic acids is 4. The van der Waals surface area contributed by atoms with Crippen LogP contribution in [0.1, 0.15) is 363 Å². The quantitative estimate of drug-likeness (QED) is 0.0222. The van der Waals surface area contributed by atoms with Crippen molar-refractivity contribution in [2.24, 2.45) is 17.8 Å². The monoisotopic (exact) mass is 1340 g/mol. The second kappa shape index (κ2) is 62.8. The highest BCUT2D eigenvalue weighted by atomic mass is 31.2. The molecule has 0 aliphatic carbocycles. The summed E-state index contributed by atoms with van der Waals surface area (Å²) in [6, 6.07) is 0. The SMILES string of the molecule is CCCCCCCCCCCCC(=O)O[C@H](COC(=O)CCCCCCCCC(C)C)COP(=O)(O)OC[C@H](O)COP(=O)(O)OC[C@@H](COC(=O)CCCCCCCCCCC(C)C)OC(=O)CCCCCCCCCCCCCCCCCCCCC(C)C. The molecule has 0 saturated heterocycles. The fourth-order valence-electron chi connectivity index (χ4n) is 10.9. The smallest absolute Gasteiger partial charge is 0.462 e. The van der Waals surface area contributed by atoms with Gasteiger partial charge in [0.15, 0.2) is 12.2 Å². The van der Waals surface area contributed by atoms with Crippen LogP contribution in [0.5, 0.6) is 0 Å². The number of phosphoric acid groups is 2. The van der Waals surface area contributed by atoms with Gasteiger partial charge in [-0.15, -0.1) is 0 Å². The first-order valence-corrected chi connectivity index (χ1v) is 40.3. The van der Waals surface area contributed by atoms with Crippen molar-refractivity contribution in [2.45, 2.75) is 381 Å². The standard InChI is InChI=1S/C72H140O17P2/c1-8-9-10-11-12-13-25-32-41-48-55-71(76)89-68(60-83-70(75)54-47-40-35-34-38-45-52-65(6)7)62-87-91(80,81)85-58-66(73)57-84-90(78,79)86-61-67(59-82-69(74)53-46-39-31-28-27-30-37-44-51-64(4)5)88-72(77)56-49-42-33-26-23-21-19-17-15-14-16-18-20-22-24-29-36-43-50-63(2)3/h63-68,73H,8-62H2,1-7H3,(H,78,79)(H,80,81)/t66-,67-,68-/m1/s1. The molecule has 0 heterocycles. The van der Waals surface area contributed by atoms with Crippen molar-refractivity contribution in [2.75, 3.05) is 39.6 Å². The first kappa shape index (κ1) is 89.1. The number of hydrogen-bond acceptors (Lipinski definition) is 15. The second-order valence-electron chi connectivity index (χ2n) is 27.4. The Morgan fingerprint density at radius 1 is 0.297 bits per heavy atom. The molecule has 0 radical (unpaired) electrons. The number of aliphatic hydroxyl groups excluding tert-OH is 1. The number of rotatable bonds is 70. The predicted molar refractivity (Wildman–Crippen MR) is 368 cm³/mol. The lowest BCUT2D eigenvalue weighted by Crippen LogP contribution is -2.30. The van der Waals surface area contributed by atoms with Crippen LogP contribution in [0.25, 0.3) is 0 Å². The highest BCUT2D eigenvalue weighted by molar-refractivity contribution is 7.47. The van der Waals surface area contributed by atoms with Crippen LogP contribution < -0.4 is 0 Å². The molecular formula is C72H140O17P2. The molecule has 17 nitrogen and oxygen atoms in total. The van der Waals surface area contributed by atoms with Gasteiger partial charge in [0.2, 0.25) is 0 Å². The van der Waals surface area contributed by atoms with E-state index in [1.54, 1.807) is 0 Å². The summed E-state index contributed by atoms with van der Waals surface area (Å²) in [6.45, 7) is 11.8. The van der Waals surface area contributed by atoms with Gasteiger partial charge in [0.1, 0.15) is 19.3 Å². The molecule has 3 N–H and O–H groups in total. The van der Waals surface area contributed by atoms with Crippen LogP contribution >= 0.6 is 15.6 Å². The second-order valence-corrected chi connectivity index (χ2v) is 30.3. The zero-order valence-electron chi connectivity index (χ0n) is 59.3. The van der Waals surface area contributed by atoms with Crippen LogP contribution in [0.15, 0.2) is 0 Å². The average molecular weight is 1340 g/mol. The fraction of sp³-hybridized carbons (Fsp3) is 0.944. The highest BCUT2D eigenvalue weighted by Crippen LogP contribution is 2.45. The predicted octanol–water partition coefficient (Wildman–Crippen LogP) is 20.6. The van der Waals surface area contributed by atoms with Crippen molar-refractivity contribution >= 4 is 39.5 Å². The van der Waals surface area contributed by atoms with Crippen LogP contribution in [-0.2, 0) is 65.4 Å². The molecular weight excluding hydrogens is 1200 g/mol. The highest BCUT2D eigenvalue weighted by Gasteiger charge is 2.30. The number of esters is 4. The van der Waals surface area contributed by atoms with Crippen LogP contribution in [0, 0.1) is 17.8 Å². The van der Waals surface area contributed by atoms with E-state index < -0.39 is 97.5 Å². The Balaban J connectivity index is 5.16. The van der Waals surface area contributed by atoms with Crippen molar-refractivity contribution in [3.05, 3.63) is 0 Å². The summed E-state index contributed by atoms with van der Waals surface area (Å²) in [6.07, 6.45) is 47.5. The Kier molecular flexibility index (Phi) is 61.5. The largest absolute Gasteiger partial charge is 0.472 e. The van der Waals surface area contributed by atoms with Gasteiger partial charge in [0, 0.05) is 25.7 Å². The van der Waals surface area contributed by atoms with Gasteiger partial charge < -0.3 is 33.8 Å². The average Bonchev–Trinajstić information content (AvgIpc) is 3.25. The van der Waals surface area contributed by atoms with Gasteiger partial charge in [-0.3, -0.25) is 37.3 Å². The number of ether oxygens (including phenoxy) is 4. The van der Waals surface area contributed by atoms with E-state index in [1.807, 2.05) is 0 Å². The summed E-state index contributed by atoms with van der Waals surface area (Å²) < 4.78 is 68.2. The lowest BCUT2D eigenvalue weighted by molar-refractivity contribution is -0.161. The molecule has 0 fully saturated rings. The number of aliphatic hydroxyl groups is 1. The number of hydrogen-bond donors (Lipinski definition) is 3. The maximum Gasteiger partial charge on any atom is 0.472 e. The minimum Gasteiger partial charge on any atom is -0.462 e. The van der Waals surface area contributed by atoms with E-state index in [2.05, 4.69) is 48.5 Å². The third-order valence-electron chi connectivity index (χ3n) is 16.6. The van der Waals surface area contributed by atoms with E-state index in [-0.39, 0.29) is 25.7 Å². The molecule has 0 aliphatic rings. The number of phosphoric ester groups is 2. The molecule has 0 spiro atoms. The summed E-state index contributed by atoms with van der Waals surface area (Å²) in [5.74, 6) is 0.0990. The minimum atomic E-state index is -4.95. The Morgan fingerprint density at radius 2 is 0.505 bits per heavy atom. The van der Waals surface area contributed by atoms with Gasteiger partial charge >= 0.3 is 39.5 Å². The van der Waals surface area contributed by atoms with Gasteiger partial charge in [-0.05, 0) is 43.4 Å². The Morgan fingerprint density at radius 3 is 0.747 bits per heavy atom. The summed E-state index contributed by atoms with van der Waals surface area (Å²) in [5.41, 5.74) is 0. The molecule has 91 heavy (non-hydrogen) atoms. The normalized spacial score (nSPS) is 14.2.